The summed E-state index contributed by atoms with van der Waals surface area (Å²) in [5.74, 6) is -0.255. The Morgan fingerprint density at radius 2 is 2.00 bits per heavy atom. The number of carbonyl (C=O) groups is 1. The summed E-state index contributed by atoms with van der Waals surface area (Å²) in [7, 11) is 0. The summed E-state index contributed by atoms with van der Waals surface area (Å²) in [4.78, 5) is 19.4. The van der Waals surface area contributed by atoms with E-state index in [4.69, 9.17) is 20.9 Å². The number of carboxylic acids is 1. The minimum Gasteiger partial charge on any atom is -0.543 e. The first-order valence-electron chi connectivity index (χ1n) is 9.39. The van der Waals surface area contributed by atoms with Crippen LogP contribution < -0.4 is 9.84 Å². The molecule has 9 nitrogen and oxygen atoms in total. The third kappa shape index (κ3) is 4.72. The van der Waals surface area contributed by atoms with Crippen molar-refractivity contribution in [1.82, 2.24) is 24.9 Å². The topological polar surface area (TPSA) is 119 Å². The van der Waals surface area contributed by atoms with Gasteiger partial charge in [-0.2, -0.15) is 10.1 Å². The summed E-state index contributed by atoms with van der Waals surface area (Å²) >= 11 is 6.23. The van der Waals surface area contributed by atoms with Gasteiger partial charge in [0.2, 0.25) is 11.7 Å². The Balaban J connectivity index is 1.48. The first-order chi connectivity index (χ1) is 14.9. The van der Waals surface area contributed by atoms with Crippen LogP contribution in [0.5, 0.6) is 5.88 Å². The van der Waals surface area contributed by atoms with Crippen LogP contribution in [0, 0.1) is 0 Å². The maximum atomic E-state index is 10.8. The minimum atomic E-state index is -1.31. The molecule has 0 bridgehead atoms. The number of halogens is 1. The fraction of sp³-hybridized carbons (Fsp3) is 0.190. The first-order valence-corrected chi connectivity index (χ1v) is 9.77. The first kappa shape index (κ1) is 20.5. The second-order valence-electron chi connectivity index (χ2n) is 6.98. The molecular formula is C21H17ClN5O4-. The van der Waals surface area contributed by atoms with Gasteiger partial charge in [-0.15, -0.1) is 0 Å². The molecule has 31 heavy (non-hydrogen) atoms. The number of nitrogens with zero attached hydrogens (tertiary/aromatic N) is 5. The largest absolute Gasteiger partial charge is 0.543 e. The van der Waals surface area contributed by atoms with Crippen molar-refractivity contribution in [3.05, 3.63) is 65.1 Å². The van der Waals surface area contributed by atoms with E-state index < -0.39 is 5.97 Å². The van der Waals surface area contributed by atoms with Gasteiger partial charge in [-0.25, -0.2) is 4.98 Å². The molecule has 0 atom stereocenters. The van der Waals surface area contributed by atoms with Gasteiger partial charge in [0.15, 0.2) is 0 Å². The van der Waals surface area contributed by atoms with E-state index in [1.54, 1.807) is 18.5 Å². The van der Waals surface area contributed by atoms with Crippen molar-refractivity contribution >= 4 is 17.6 Å². The molecule has 0 saturated heterocycles. The zero-order valence-corrected chi connectivity index (χ0v) is 17.4. The fourth-order valence-electron chi connectivity index (χ4n) is 2.82. The highest BCUT2D eigenvalue weighted by Crippen LogP contribution is 2.29. The summed E-state index contributed by atoms with van der Waals surface area (Å²) in [5, 5.41) is 19.1. The molecule has 0 aliphatic rings. The van der Waals surface area contributed by atoms with Gasteiger partial charge in [0.25, 0.3) is 5.89 Å². The predicted molar refractivity (Wildman–Crippen MR) is 109 cm³/mol. The van der Waals surface area contributed by atoms with Crippen molar-refractivity contribution in [1.29, 1.82) is 0 Å². The second-order valence-corrected chi connectivity index (χ2v) is 7.39. The molecule has 0 radical (unpaired) electrons. The van der Waals surface area contributed by atoms with E-state index >= 15 is 0 Å². The van der Waals surface area contributed by atoms with Crippen LogP contribution in [0.25, 0.3) is 22.8 Å². The smallest absolute Gasteiger partial charge is 0.259 e. The normalized spacial score (nSPS) is 11.1. The van der Waals surface area contributed by atoms with Crippen LogP contribution >= 0.6 is 11.6 Å². The molecule has 4 aromatic rings. The van der Waals surface area contributed by atoms with Gasteiger partial charge in [0.05, 0.1) is 24.2 Å². The number of hydrogen-bond acceptors (Lipinski definition) is 8. The maximum absolute atomic E-state index is 10.8. The number of rotatable bonds is 7. The molecule has 0 aliphatic heterocycles. The number of pyridine rings is 1. The maximum Gasteiger partial charge on any atom is 0.259 e. The molecular weight excluding hydrogens is 422 g/mol. The second kappa shape index (κ2) is 8.57. The van der Waals surface area contributed by atoms with E-state index in [-0.39, 0.29) is 17.7 Å². The van der Waals surface area contributed by atoms with E-state index in [2.05, 4.69) is 20.2 Å². The molecule has 0 amide bonds. The monoisotopic (exact) mass is 438 g/mol. The zero-order chi connectivity index (χ0) is 22.0. The molecule has 10 heteroatoms. The van der Waals surface area contributed by atoms with Gasteiger partial charge in [-0.1, -0.05) is 41.0 Å². The van der Waals surface area contributed by atoms with Crippen molar-refractivity contribution < 1.29 is 19.2 Å². The van der Waals surface area contributed by atoms with Crippen molar-refractivity contribution in [2.45, 2.75) is 26.5 Å². The number of aromatic carboxylic acids is 1. The highest BCUT2D eigenvalue weighted by atomic mass is 35.5. The molecule has 0 spiro atoms. The Morgan fingerprint density at radius 3 is 2.65 bits per heavy atom. The molecule has 0 unspecified atom stereocenters. The molecule has 3 aromatic heterocycles. The average Bonchev–Trinajstić information content (AvgIpc) is 3.40. The molecule has 1 aromatic carbocycles. The summed E-state index contributed by atoms with van der Waals surface area (Å²) in [6.07, 6.45) is 3.11. The molecule has 0 aliphatic carbocycles. The Kier molecular flexibility index (Phi) is 5.68. The van der Waals surface area contributed by atoms with Crippen LogP contribution in [0.15, 0.2) is 53.3 Å². The Bertz CT molecular complexity index is 1220. The molecule has 0 N–H and O–H groups in total. The van der Waals surface area contributed by atoms with Crippen LogP contribution in [0.1, 0.15) is 29.9 Å². The van der Waals surface area contributed by atoms with Gasteiger partial charge in [-0.05, 0) is 31.5 Å². The van der Waals surface area contributed by atoms with Crippen LogP contribution in [0.2, 0.25) is 5.02 Å². The fourth-order valence-corrected chi connectivity index (χ4v) is 3.03. The Hall–Kier alpha value is -3.72. The lowest BCUT2D eigenvalue weighted by molar-refractivity contribution is -0.255. The van der Waals surface area contributed by atoms with E-state index in [1.165, 1.54) is 10.7 Å². The Morgan fingerprint density at radius 1 is 1.23 bits per heavy atom. The highest BCUT2D eigenvalue weighted by molar-refractivity contribution is 6.32. The molecule has 0 saturated carbocycles. The summed E-state index contributed by atoms with van der Waals surface area (Å²) in [6, 6.07) is 10.5. The number of benzene rings is 1. The third-order valence-corrected chi connectivity index (χ3v) is 4.51. The Labute approximate surface area is 182 Å². The van der Waals surface area contributed by atoms with Crippen LogP contribution in [-0.4, -0.2) is 37.0 Å². The van der Waals surface area contributed by atoms with E-state index in [1.807, 2.05) is 38.1 Å². The average molecular weight is 439 g/mol. The number of carbonyl (C=O) groups excluding carboxylic acids is 1. The van der Waals surface area contributed by atoms with Crippen molar-refractivity contribution in [2.75, 3.05) is 0 Å². The number of carboxylic acid groups (broad SMARTS) is 1. The lowest BCUT2D eigenvalue weighted by Gasteiger charge is -2.09. The zero-order valence-electron chi connectivity index (χ0n) is 16.7. The summed E-state index contributed by atoms with van der Waals surface area (Å²) < 4.78 is 12.4. The molecule has 4 rings (SSSR count). The number of ether oxygens (including phenoxy) is 1. The van der Waals surface area contributed by atoms with Gasteiger partial charge in [-0.3, -0.25) is 4.68 Å². The minimum absolute atomic E-state index is 0.0432. The van der Waals surface area contributed by atoms with Crippen LogP contribution in [0.4, 0.5) is 0 Å². The third-order valence-electron chi connectivity index (χ3n) is 4.23. The van der Waals surface area contributed by atoms with E-state index in [0.29, 0.717) is 28.8 Å². The van der Waals surface area contributed by atoms with E-state index in [9.17, 15) is 9.90 Å². The lowest BCUT2D eigenvalue weighted by Crippen LogP contribution is -2.23. The molecule has 3 heterocycles. The van der Waals surface area contributed by atoms with Gasteiger partial charge in [0, 0.05) is 18.0 Å². The van der Waals surface area contributed by atoms with Gasteiger partial charge >= 0.3 is 0 Å². The predicted octanol–water partition coefficient (Wildman–Crippen LogP) is 2.85. The van der Waals surface area contributed by atoms with Gasteiger partial charge < -0.3 is 19.2 Å². The van der Waals surface area contributed by atoms with Crippen molar-refractivity contribution in [3.63, 3.8) is 0 Å². The van der Waals surface area contributed by atoms with Crippen molar-refractivity contribution in [3.8, 4) is 28.7 Å². The van der Waals surface area contributed by atoms with Crippen LogP contribution in [-0.2, 0) is 6.54 Å². The molecule has 0 fully saturated rings. The highest BCUT2D eigenvalue weighted by Gasteiger charge is 2.14. The standard InChI is InChI=1S/C21H18ClN5O4/c1-12(2)30-20-16(22)9-15(10-23-20)19-24-18(26-31-19)14-5-3-13(4-6-14)11-27-8-7-17(25-27)21(28)29/h3-10,12H,11H2,1-2H3,(H,28,29)/p-1. The molecule has 158 valence electrons. The SMILES string of the molecule is CC(C)Oc1ncc(-c2nc(-c3ccc(Cn4ccc(C(=O)[O-])n4)cc3)no2)cc1Cl. The lowest BCUT2D eigenvalue weighted by atomic mass is 10.1. The quantitative estimate of drug-likeness (QED) is 0.432. The van der Waals surface area contributed by atoms with Gasteiger partial charge in [0.1, 0.15) is 10.7 Å². The summed E-state index contributed by atoms with van der Waals surface area (Å²) in [5.41, 5.74) is 2.17. The number of aromatic nitrogens is 5. The van der Waals surface area contributed by atoms with Crippen molar-refractivity contribution in [2.24, 2.45) is 0 Å². The van der Waals surface area contributed by atoms with Crippen LogP contribution in [0.3, 0.4) is 0 Å². The van der Waals surface area contributed by atoms with E-state index in [0.717, 1.165) is 11.1 Å². The summed E-state index contributed by atoms with van der Waals surface area (Å²) in [6.45, 7) is 4.20. The number of hydrogen-bond donors (Lipinski definition) is 0.